The van der Waals surface area contributed by atoms with Crippen LogP contribution in [0, 0.1) is 6.92 Å². The zero-order valence-electron chi connectivity index (χ0n) is 11.0. The Morgan fingerprint density at radius 1 is 1.50 bits per heavy atom. The zero-order chi connectivity index (χ0) is 14.5. The summed E-state index contributed by atoms with van der Waals surface area (Å²) in [6.07, 6.45) is 2.84. The first kappa shape index (κ1) is 13.6. The van der Waals surface area contributed by atoms with E-state index in [4.69, 9.17) is 4.74 Å². The maximum Gasteiger partial charge on any atom is 0.255 e. The molecule has 1 heterocycles. The normalized spacial score (nSPS) is 10.7. The van der Waals surface area contributed by atoms with Gasteiger partial charge in [-0.1, -0.05) is 6.07 Å². The summed E-state index contributed by atoms with van der Waals surface area (Å²) in [5, 5.41) is 13.7. The van der Waals surface area contributed by atoms with E-state index in [1.807, 2.05) is 0 Å². The predicted molar refractivity (Wildman–Crippen MR) is 75.5 cm³/mol. The molecule has 0 bridgehead atoms. The summed E-state index contributed by atoms with van der Waals surface area (Å²) in [5.41, 5.74) is 3.34. The smallest absolute Gasteiger partial charge is 0.255 e. The first-order chi connectivity index (χ1) is 9.61. The van der Waals surface area contributed by atoms with E-state index in [2.05, 4.69) is 20.5 Å². The van der Waals surface area contributed by atoms with Gasteiger partial charge >= 0.3 is 0 Å². The van der Waals surface area contributed by atoms with Gasteiger partial charge in [-0.15, -0.1) is 0 Å². The molecule has 1 aromatic carbocycles. The molecule has 7 nitrogen and oxygen atoms in total. The number of phenols is 1. The van der Waals surface area contributed by atoms with Crippen LogP contribution in [0.15, 0.2) is 34.3 Å². The maximum absolute atomic E-state index is 11.4. The molecule has 20 heavy (non-hydrogen) atoms. The standard InChI is InChI=1S/C13H14N4O3/c1-8-6-14-13(16-12(8)19)17-15-7-9-4-3-5-10(20-2)11(9)18/h3-7,18H,1-2H3,(H2,14,16,17,19)/b15-7+. The van der Waals surface area contributed by atoms with E-state index in [1.165, 1.54) is 19.5 Å². The number of anilines is 1. The number of hydrogen-bond acceptors (Lipinski definition) is 6. The molecule has 7 heteroatoms. The highest BCUT2D eigenvalue weighted by Crippen LogP contribution is 2.27. The van der Waals surface area contributed by atoms with E-state index in [0.29, 0.717) is 16.9 Å². The Bertz CT molecular complexity index is 694. The number of hydrazone groups is 1. The molecule has 1 aromatic heterocycles. The van der Waals surface area contributed by atoms with Crippen LogP contribution in [0.1, 0.15) is 11.1 Å². The highest BCUT2D eigenvalue weighted by molar-refractivity contribution is 5.85. The largest absolute Gasteiger partial charge is 0.504 e. The van der Waals surface area contributed by atoms with Crippen LogP contribution >= 0.6 is 0 Å². The highest BCUT2D eigenvalue weighted by atomic mass is 16.5. The third-order valence-corrected chi connectivity index (χ3v) is 2.60. The van der Waals surface area contributed by atoms with E-state index in [-0.39, 0.29) is 17.3 Å². The number of aromatic nitrogens is 2. The van der Waals surface area contributed by atoms with Crippen molar-refractivity contribution in [2.75, 3.05) is 12.5 Å². The van der Waals surface area contributed by atoms with Crippen molar-refractivity contribution in [3.05, 3.63) is 45.9 Å². The molecule has 2 rings (SSSR count). The van der Waals surface area contributed by atoms with E-state index in [9.17, 15) is 9.90 Å². The molecule has 2 aromatic rings. The number of phenolic OH excluding ortho intramolecular Hbond substituents is 1. The fourth-order valence-electron chi connectivity index (χ4n) is 1.49. The molecule has 0 aliphatic carbocycles. The second-order valence-corrected chi connectivity index (χ2v) is 4.01. The van der Waals surface area contributed by atoms with Gasteiger partial charge in [0, 0.05) is 17.3 Å². The highest BCUT2D eigenvalue weighted by Gasteiger charge is 2.04. The average molecular weight is 274 g/mol. The molecule has 0 radical (unpaired) electrons. The Labute approximate surface area is 115 Å². The van der Waals surface area contributed by atoms with Crippen molar-refractivity contribution in [2.24, 2.45) is 5.10 Å². The lowest BCUT2D eigenvalue weighted by Gasteiger charge is -2.05. The summed E-state index contributed by atoms with van der Waals surface area (Å²) in [6, 6.07) is 5.04. The lowest BCUT2D eigenvalue weighted by Crippen LogP contribution is -2.12. The Hall–Kier alpha value is -2.83. The lowest BCUT2D eigenvalue weighted by molar-refractivity contribution is 0.373. The second kappa shape index (κ2) is 5.87. The zero-order valence-corrected chi connectivity index (χ0v) is 11.0. The molecular weight excluding hydrogens is 260 g/mol. The first-order valence-corrected chi connectivity index (χ1v) is 5.83. The topological polar surface area (TPSA) is 99.6 Å². The van der Waals surface area contributed by atoms with Gasteiger partial charge in [-0.05, 0) is 19.1 Å². The number of hydrogen-bond donors (Lipinski definition) is 3. The number of ether oxygens (including phenoxy) is 1. The van der Waals surface area contributed by atoms with Crippen molar-refractivity contribution in [3.63, 3.8) is 0 Å². The Morgan fingerprint density at radius 3 is 3.00 bits per heavy atom. The summed E-state index contributed by atoms with van der Waals surface area (Å²) >= 11 is 0. The van der Waals surface area contributed by atoms with Crippen LogP contribution in [-0.4, -0.2) is 28.4 Å². The van der Waals surface area contributed by atoms with Crippen LogP contribution in [0.4, 0.5) is 5.95 Å². The minimum Gasteiger partial charge on any atom is -0.504 e. The Morgan fingerprint density at radius 2 is 2.30 bits per heavy atom. The van der Waals surface area contributed by atoms with E-state index < -0.39 is 0 Å². The summed E-state index contributed by atoms with van der Waals surface area (Å²) in [4.78, 5) is 17.8. The quantitative estimate of drug-likeness (QED) is 0.575. The van der Waals surface area contributed by atoms with Gasteiger partial charge in [0.05, 0.1) is 13.3 Å². The van der Waals surface area contributed by atoms with Crippen LogP contribution < -0.4 is 15.7 Å². The summed E-state index contributed by atoms with van der Waals surface area (Å²) < 4.78 is 4.99. The predicted octanol–water partition coefficient (Wildman–Crippen LogP) is 1.24. The maximum atomic E-state index is 11.4. The number of nitrogens with one attached hydrogen (secondary N) is 2. The number of H-pyrrole nitrogens is 1. The Balaban J connectivity index is 2.14. The van der Waals surface area contributed by atoms with Crippen LogP contribution in [0.3, 0.4) is 0 Å². The minimum absolute atomic E-state index is 0.00842. The van der Waals surface area contributed by atoms with Crippen molar-refractivity contribution < 1.29 is 9.84 Å². The molecule has 0 saturated carbocycles. The summed E-state index contributed by atoms with van der Waals surface area (Å²) in [7, 11) is 1.47. The van der Waals surface area contributed by atoms with Gasteiger partial charge in [0.1, 0.15) is 0 Å². The summed E-state index contributed by atoms with van der Waals surface area (Å²) in [6.45, 7) is 1.66. The van der Waals surface area contributed by atoms with Gasteiger partial charge in [-0.2, -0.15) is 5.10 Å². The third-order valence-electron chi connectivity index (χ3n) is 2.60. The van der Waals surface area contributed by atoms with Crippen LogP contribution in [0.5, 0.6) is 11.5 Å². The molecule has 0 amide bonds. The number of methoxy groups -OCH3 is 1. The SMILES string of the molecule is COc1cccc(/C=N/Nc2ncc(C)c(=O)[nH]2)c1O. The molecule has 0 fully saturated rings. The third kappa shape index (κ3) is 2.94. The number of nitrogens with zero attached hydrogens (tertiary/aromatic N) is 2. The van der Waals surface area contributed by atoms with Crippen molar-refractivity contribution in [3.8, 4) is 11.5 Å². The van der Waals surface area contributed by atoms with Gasteiger partial charge in [-0.3, -0.25) is 9.78 Å². The Kier molecular flexibility index (Phi) is 3.99. The molecule has 0 aliphatic heterocycles. The first-order valence-electron chi connectivity index (χ1n) is 5.83. The molecule has 0 unspecified atom stereocenters. The van der Waals surface area contributed by atoms with Gasteiger partial charge in [0.15, 0.2) is 11.5 Å². The molecule has 0 spiro atoms. The number of benzene rings is 1. The fraction of sp³-hybridized carbons (Fsp3) is 0.154. The lowest BCUT2D eigenvalue weighted by atomic mass is 10.2. The van der Waals surface area contributed by atoms with Gasteiger partial charge in [-0.25, -0.2) is 10.4 Å². The molecule has 104 valence electrons. The molecule has 0 saturated heterocycles. The van der Waals surface area contributed by atoms with Crippen LogP contribution in [0.25, 0.3) is 0 Å². The average Bonchev–Trinajstić information content (AvgIpc) is 2.44. The molecule has 0 atom stereocenters. The minimum atomic E-state index is -0.234. The number of para-hydroxylation sites is 1. The van der Waals surface area contributed by atoms with Crippen molar-refractivity contribution in [1.29, 1.82) is 0 Å². The molecule has 3 N–H and O–H groups in total. The van der Waals surface area contributed by atoms with Crippen molar-refractivity contribution >= 4 is 12.2 Å². The van der Waals surface area contributed by atoms with Crippen LogP contribution in [-0.2, 0) is 0 Å². The number of aromatic hydroxyl groups is 1. The van der Waals surface area contributed by atoms with E-state index in [1.54, 1.807) is 25.1 Å². The second-order valence-electron chi connectivity index (χ2n) is 4.01. The van der Waals surface area contributed by atoms with Gasteiger partial charge in [0.2, 0.25) is 5.95 Å². The number of aryl methyl sites for hydroxylation is 1. The van der Waals surface area contributed by atoms with E-state index >= 15 is 0 Å². The number of aromatic amines is 1. The monoisotopic (exact) mass is 274 g/mol. The van der Waals surface area contributed by atoms with Crippen molar-refractivity contribution in [2.45, 2.75) is 6.92 Å². The van der Waals surface area contributed by atoms with Gasteiger partial charge in [0.25, 0.3) is 5.56 Å². The number of rotatable bonds is 4. The summed E-state index contributed by atoms with van der Waals surface area (Å²) in [5.74, 6) is 0.570. The van der Waals surface area contributed by atoms with Gasteiger partial charge < -0.3 is 9.84 Å². The van der Waals surface area contributed by atoms with Crippen molar-refractivity contribution in [1.82, 2.24) is 9.97 Å². The molecular formula is C13H14N4O3. The van der Waals surface area contributed by atoms with E-state index in [0.717, 1.165) is 0 Å². The van der Waals surface area contributed by atoms with Crippen LogP contribution in [0.2, 0.25) is 0 Å². The fourth-order valence-corrected chi connectivity index (χ4v) is 1.49. The molecule has 0 aliphatic rings.